The zero-order valence-corrected chi connectivity index (χ0v) is 17.7. The molecule has 6 nitrogen and oxygen atoms in total. The molecule has 0 aromatic carbocycles. The van der Waals surface area contributed by atoms with Gasteiger partial charge in [-0.25, -0.2) is 4.79 Å². The number of rotatable bonds is 3. The Morgan fingerprint density at radius 2 is 1.79 bits per heavy atom. The molecular weight excluding hydrogens is 324 g/mol. The maximum atomic E-state index is 12.6. The van der Waals surface area contributed by atoms with Crippen molar-refractivity contribution in [3.8, 4) is 0 Å². The van der Waals surface area contributed by atoms with Gasteiger partial charge in [-0.2, -0.15) is 0 Å². The van der Waals surface area contributed by atoms with Gasteiger partial charge in [0, 0.05) is 13.1 Å². The summed E-state index contributed by atoms with van der Waals surface area (Å²) in [5, 5.41) is 2.88. The molecule has 0 saturated carbocycles. The van der Waals surface area contributed by atoms with Crippen LogP contribution < -0.4 is 5.32 Å². The molecule has 0 aromatic rings. The van der Waals surface area contributed by atoms with E-state index in [1.807, 2.05) is 20.8 Å². The van der Waals surface area contributed by atoms with E-state index in [9.17, 15) is 9.59 Å². The second-order valence-corrected chi connectivity index (χ2v) is 14.0. The summed E-state index contributed by atoms with van der Waals surface area (Å²) in [7, 11) is -2.04. The zero-order valence-electron chi connectivity index (χ0n) is 16.7. The van der Waals surface area contributed by atoms with Crippen LogP contribution in [0.5, 0.6) is 0 Å². The molecule has 1 heterocycles. The first-order chi connectivity index (χ1) is 10.6. The van der Waals surface area contributed by atoms with Crippen molar-refractivity contribution in [1.29, 1.82) is 0 Å². The predicted octanol–water partition coefficient (Wildman–Crippen LogP) is 3.13. The number of amides is 2. The lowest BCUT2D eigenvalue weighted by Gasteiger charge is -2.46. The first-order valence-electron chi connectivity index (χ1n) is 8.53. The Morgan fingerprint density at radius 3 is 2.25 bits per heavy atom. The van der Waals surface area contributed by atoms with Gasteiger partial charge in [0.05, 0.1) is 6.61 Å². The molecule has 24 heavy (non-hydrogen) atoms. The van der Waals surface area contributed by atoms with Gasteiger partial charge in [0.25, 0.3) is 0 Å². The van der Waals surface area contributed by atoms with E-state index < -0.39 is 25.6 Å². The average molecular weight is 359 g/mol. The Morgan fingerprint density at radius 1 is 1.25 bits per heavy atom. The van der Waals surface area contributed by atoms with Crippen LogP contribution in [0.3, 0.4) is 0 Å². The van der Waals surface area contributed by atoms with E-state index in [-0.39, 0.29) is 17.6 Å². The van der Waals surface area contributed by atoms with Gasteiger partial charge in [0.2, 0.25) is 5.91 Å². The van der Waals surface area contributed by atoms with Crippen LogP contribution in [0.1, 0.15) is 48.5 Å². The quantitative estimate of drug-likeness (QED) is 0.787. The first kappa shape index (κ1) is 21.0. The molecule has 0 spiro atoms. The Bertz CT molecular complexity index is 494. The summed E-state index contributed by atoms with van der Waals surface area (Å²) < 4.78 is 11.7. The third-order valence-electron chi connectivity index (χ3n) is 4.84. The largest absolute Gasteiger partial charge is 0.444 e. The SMILES string of the molecule is CC(C)(C)OC(=O)N1CCNC(=O)[C@@]1(C)CO[Si](C)(C)C(C)(C)C. The fourth-order valence-corrected chi connectivity index (χ4v) is 3.21. The van der Waals surface area contributed by atoms with Gasteiger partial charge in [-0.1, -0.05) is 20.8 Å². The minimum atomic E-state index is -2.04. The van der Waals surface area contributed by atoms with Crippen LogP contribution in [0, 0.1) is 0 Å². The maximum absolute atomic E-state index is 12.6. The summed E-state index contributed by atoms with van der Waals surface area (Å²) in [6.45, 7) is 18.9. The summed E-state index contributed by atoms with van der Waals surface area (Å²) in [6.07, 6.45) is -0.473. The summed E-state index contributed by atoms with van der Waals surface area (Å²) >= 11 is 0. The van der Waals surface area contributed by atoms with Crippen LogP contribution in [-0.4, -0.2) is 56.1 Å². The normalized spacial score (nSPS) is 23.0. The number of nitrogens with zero attached hydrogens (tertiary/aromatic N) is 1. The van der Waals surface area contributed by atoms with Crippen molar-refractivity contribution in [1.82, 2.24) is 10.2 Å². The van der Waals surface area contributed by atoms with E-state index in [0.717, 1.165) is 0 Å². The third-order valence-corrected chi connectivity index (χ3v) is 9.32. The molecule has 1 rings (SSSR count). The number of ether oxygens (including phenoxy) is 1. The number of carbonyl (C=O) groups excluding carboxylic acids is 2. The highest BCUT2D eigenvalue weighted by atomic mass is 28.4. The Balaban J connectivity index is 2.99. The molecule has 0 aliphatic carbocycles. The van der Waals surface area contributed by atoms with E-state index in [4.69, 9.17) is 9.16 Å². The second-order valence-electron chi connectivity index (χ2n) is 9.21. The fraction of sp³-hybridized carbons (Fsp3) is 0.882. The summed E-state index contributed by atoms with van der Waals surface area (Å²) in [5.74, 6) is -0.196. The molecule has 7 heteroatoms. The van der Waals surface area contributed by atoms with Crippen LogP contribution >= 0.6 is 0 Å². The minimum Gasteiger partial charge on any atom is -0.444 e. The molecule has 1 aliphatic heterocycles. The number of hydrogen-bond donors (Lipinski definition) is 1. The molecule has 0 aromatic heterocycles. The Kier molecular flexibility index (Phi) is 5.83. The second kappa shape index (κ2) is 6.67. The third kappa shape index (κ3) is 4.72. The topological polar surface area (TPSA) is 67.9 Å². The van der Waals surface area contributed by atoms with Crippen molar-refractivity contribution in [3.05, 3.63) is 0 Å². The fourth-order valence-electron chi connectivity index (χ4n) is 2.13. The number of nitrogens with one attached hydrogen (secondary N) is 1. The van der Waals surface area contributed by atoms with Crippen LogP contribution in [-0.2, 0) is 14.0 Å². The van der Waals surface area contributed by atoms with Crippen LogP contribution in [0.15, 0.2) is 0 Å². The lowest BCUT2D eigenvalue weighted by molar-refractivity contribution is -0.138. The van der Waals surface area contributed by atoms with E-state index in [0.29, 0.717) is 13.1 Å². The smallest absolute Gasteiger partial charge is 0.411 e. The standard InChI is InChI=1S/C17H34N2O4Si/c1-15(2,3)23-14(21)19-11-10-18-13(20)17(19,7)12-22-24(8,9)16(4,5)6/h10-12H2,1-9H3,(H,18,20)/t17-/m1/s1. The van der Waals surface area contributed by atoms with Crippen LogP contribution in [0.4, 0.5) is 4.79 Å². The minimum absolute atomic E-state index is 0.0330. The molecule has 1 aliphatic rings. The Hall–Kier alpha value is -1.08. The number of carbonyl (C=O) groups is 2. The highest BCUT2D eigenvalue weighted by molar-refractivity contribution is 6.74. The van der Waals surface area contributed by atoms with Crippen LogP contribution in [0.25, 0.3) is 0 Å². The molecule has 0 unspecified atom stereocenters. The zero-order chi connectivity index (χ0) is 19.0. The van der Waals surface area contributed by atoms with Gasteiger partial charge in [-0.15, -0.1) is 0 Å². The lowest BCUT2D eigenvalue weighted by Crippen LogP contribution is -2.68. The molecule has 1 N–H and O–H groups in total. The van der Waals surface area contributed by atoms with Gasteiger partial charge in [-0.3, -0.25) is 9.69 Å². The van der Waals surface area contributed by atoms with Crippen molar-refractivity contribution in [2.45, 2.75) is 77.7 Å². The average Bonchev–Trinajstić information content (AvgIpc) is 2.36. The van der Waals surface area contributed by atoms with E-state index in [2.05, 4.69) is 39.2 Å². The van der Waals surface area contributed by atoms with E-state index >= 15 is 0 Å². The van der Waals surface area contributed by atoms with Gasteiger partial charge in [-0.05, 0) is 45.8 Å². The Labute approximate surface area is 147 Å². The van der Waals surface area contributed by atoms with Crippen molar-refractivity contribution in [2.75, 3.05) is 19.7 Å². The molecule has 0 radical (unpaired) electrons. The predicted molar refractivity (Wildman–Crippen MR) is 97.5 cm³/mol. The summed E-state index contributed by atoms with van der Waals surface area (Å²) in [6, 6.07) is 0. The van der Waals surface area contributed by atoms with Gasteiger partial charge in [0.15, 0.2) is 8.32 Å². The van der Waals surface area contributed by atoms with Crippen molar-refractivity contribution in [3.63, 3.8) is 0 Å². The monoisotopic (exact) mass is 358 g/mol. The maximum Gasteiger partial charge on any atom is 0.411 e. The van der Waals surface area contributed by atoms with Crippen molar-refractivity contribution in [2.24, 2.45) is 0 Å². The summed E-state index contributed by atoms with van der Waals surface area (Å²) in [5.41, 5.74) is -1.66. The summed E-state index contributed by atoms with van der Waals surface area (Å²) in [4.78, 5) is 26.6. The van der Waals surface area contributed by atoms with Crippen molar-refractivity contribution >= 4 is 20.3 Å². The molecule has 140 valence electrons. The van der Waals surface area contributed by atoms with Gasteiger partial charge < -0.3 is 14.5 Å². The number of hydrogen-bond acceptors (Lipinski definition) is 4. The highest BCUT2D eigenvalue weighted by Gasteiger charge is 2.48. The molecule has 1 fully saturated rings. The van der Waals surface area contributed by atoms with E-state index in [1.54, 1.807) is 6.92 Å². The molecule has 2 amide bonds. The van der Waals surface area contributed by atoms with Gasteiger partial charge >= 0.3 is 6.09 Å². The molecule has 1 saturated heterocycles. The highest BCUT2D eigenvalue weighted by Crippen LogP contribution is 2.37. The molecular formula is C17H34N2O4Si. The molecule has 0 bridgehead atoms. The van der Waals surface area contributed by atoms with Crippen LogP contribution in [0.2, 0.25) is 18.1 Å². The lowest BCUT2D eigenvalue weighted by atomic mass is 9.98. The van der Waals surface area contributed by atoms with E-state index in [1.165, 1.54) is 4.90 Å². The van der Waals surface area contributed by atoms with Crippen molar-refractivity contribution < 1.29 is 18.8 Å². The van der Waals surface area contributed by atoms with Gasteiger partial charge in [0.1, 0.15) is 11.1 Å². The molecule has 1 atom stereocenters. The first-order valence-corrected chi connectivity index (χ1v) is 11.4. The number of piperazine rings is 1.